The van der Waals surface area contributed by atoms with Gasteiger partial charge in [0.15, 0.2) is 5.76 Å². The van der Waals surface area contributed by atoms with Gasteiger partial charge < -0.3 is 8.94 Å². The lowest BCUT2D eigenvalue weighted by molar-refractivity contribution is 0.216. The van der Waals surface area contributed by atoms with Crippen molar-refractivity contribution in [3.63, 3.8) is 0 Å². The predicted octanol–water partition coefficient (Wildman–Crippen LogP) is 3.66. The Morgan fingerprint density at radius 1 is 1.23 bits per heavy atom. The third-order valence-corrected chi connectivity index (χ3v) is 3.61. The van der Waals surface area contributed by atoms with Gasteiger partial charge in [-0.15, -0.1) is 0 Å². The number of benzene rings is 1. The van der Waals surface area contributed by atoms with E-state index in [1.54, 1.807) is 30.5 Å². The molecule has 0 fully saturated rings. The summed E-state index contributed by atoms with van der Waals surface area (Å²) in [4.78, 5) is 6.36. The smallest absolute Gasteiger partial charge is 0.241 e. The lowest BCUT2D eigenvalue weighted by Crippen LogP contribution is -2.22. The minimum Gasteiger partial charge on any atom is -0.461 e. The van der Waals surface area contributed by atoms with Crippen LogP contribution >= 0.6 is 0 Å². The van der Waals surface area contributed by atoms with Crippen molar-refractivity contribution in [2.24, 2.45) is 0 Å². The van der Waals surface area contributed by atoms with E-state index in [9.17, 15) is 4.39 Å². The maximum Gasteiger partial charge on any atom is 0.241 e. The van der Waals surface area contributed by atoms with Gasteiger partial charge in [0.05, 0.1) is 12.8 Å². The Hall–Kier alpha value is -2.47. The lowest BCUT2D eigenvalue weighted by atomic mass is 10.1. The first-order valence-corrected chi connectivity index (χ1v) is 6.95. The van der Waals surface area contributed by atoms with Crippen molar-refractivity contribution in [3.05, 3.63) is 59.9 Å². The minimum absolute atomic E-state index is 0.0968. The molecule has 2 heterocycles. The van der Waals surface area contributed by atoms with Crippen LogP contribution in [-0.2, 0) is 6.54 Å². The molecule has 0 amide bonds. The second-order valence-electron chi connectivity index (χ2n) is 5.13. The molecule has 22 heavy (non-hydrogen) atoms. The molecule has 3 aromatic rings. The molecule has 0 saturated heterocycles. The van der Waals surface area contributed by atoms with Crippen LogP contribution in [0.5, 0.6) is 0 Å². The molecule has 1 atom stereocenters. The van der Waals surface area contributed by atoms with Crippen molar-refractivity contribution in [3.8, 4) is 11.6 Å². The number of rotatable bonds is 5. The van der Waals surface area contributed by atoms with Gasteiger partial charge in [-0.1, -0.05) is 17.3 Å². The summed E-state index contributed by atoms with van der Waals surface area (Å²) >= 11 is 0. The van der Waals surface area contributed by atoms with Crippen molar-refractivity contribution in [2.75, 3.05) is 7.05 Å². The Morgan fingerprint density at radius 2 is 2.00 bits per heavy atom. The zero-order valence-corrected chi connectivity index (χ0v) is 12.4. The highest BCUT2D eigenvalue weighted by molar-refractivity contribution is 5.44. The molecule has 114 valence electrons. The van der Waals surface area contributed by atoms with Crippen molar-refractivity contribution in [1.82, 2.24) is 15.0 Å². The molecular weight excluding hydrogens is 285 g/mol. The van der Waals surface area contributed by atoms with Gasteiger partial charge in [-0.2, -0.15) is 4.98 Å². The number of furan rings is 1. The molecule has 0 aliphatic heterocycles. The van der Waals surface area contributed by atoms with E-state index in [0.717, 1.165) is 5.56 Å². The van der Waals surface area contributed by atoms with Crippen LogP contribution in [0.25, 0.3) is 11.6 Å². The van der Waals surface area contributed by atoms with Gasteiger partial charge in [-0.3, -0.25) is 4.90 Å². The molecule has 0 bridgehead atoms. The van der Waals surface area contributed by atoms with Crippen LogP contribution in [0.2, 0.25) is 0 Å². The highest BCUT2D eigenvalue weighted by Crippen LogP contribution is 2.22. The lowest BCUT2D eigenvalue weighted by Gasteiger charge is -2.23. The van der Waals surface area contributed by atoms with Gasteiger partial charge >= 0.3 is 0 Å². The predicted molar refractivity (Wildman–Crippen MR) is 78.3 cm³/mol. The van der Waals surface area contributed by atoms with Crippen LogP contribution < -0.4 is 0 Å². The minimum atomic E-state index is -0.237. The molecule has 3 rings (SSSR count). The molecule has 0 N–H and O–H groups in total. The van der Waals surface area contributed by atoms with Gasteiger partial charge in [-0.05, 0) is 43.8 Å². The molecule has 6 heteroatoms. The highest BCUT2D eigenvalue weighted by atomic mass is 19.1. The zero-order valence-electron chi connectivity index (χ0n) is 12.4. The summed E-state index contributed by atoms with van der Waals surface area (Å²) < 4.78 is 23.5. The first-order chi connectivity index (χ1) is 10.6. The van der Waals surface area contributed by atoms with Crippen molar-refractivity contribution in [2.45, 2.75) is 19.5 Å². The fourth-order valence-electron chi connectivity index (χ4n) is 2.17. The van der Waals surface area contributed by atoms with E-state index in [4.69, 9.17) is 8.94 Å². The Balaban J connectivity index is 1.68. The van der Waals surface area contributed by atoms with E-state index in [1.165, 1.54) is 12.1 Å². The molecule has 1 aromatic carbocycles. The number of hydrogen-bond donors (Lipinski definition) is 0. The topological polar surface area (TPSA) is 55.3 Å². The van der Waals surface area contributed by atoms with Crippen LogP contribution in [0.4, 0.5) is 4.39 Å². The SMILES string of the molecule is CC(c1ccc(F)cc1)N(C)Cc1nc(-c2ccco2)no1. The number of halogens is 1. The van der Waals surface area contributed by atoms with Crippen molar-refractivity contribution in [1.29, 1.82) is 0 Å². The largest absolute Gasteiger partial charge is 0.461 e. The second kappa shape index (κ2) is 6.11. The summed E-state index contributed by atoms with van der Waals surface area (Å²) in [5.74, 6) is 1.27. The maximum absolute atomic E-state index is 13.0. The molecule has 0 radical (unpaired) electrons. The number of aromatic nitrogens is 2. The first kappa shape index (κ1) is 14.5. The van der Waals surface area contributed by atoms with Crippen LogP contribution in [-0.4, -0.2) is 22.1 Å². The summed E-state index contributed by atoms with van der Waals surface area (Å²) in [7, 11) is 1.95. The van der Waals surface area contributed by atoms with Gasteiger partial charge in [0.25, 0.3) is 0 Å². The van der Waals surface area contributed by atoms with E-state index >= 15 is 0 Å². The molecule has 2 aromatic heterocycles. The molecule has 1 unspecified atom stereocenters. The molecule has 0 aliphatic carbocycles. The van der Waals surface area contributed by atoms with E-state index in [1.807, 2.05) is 18.9 Å². The fourth-order valence-corrected chi connectivity index (χ4v) is 2.17. The van der Waals surface area contributed by atoms with Crippen LogP contribution in [0, 0.1) is 5.82 Å². The molecular formula is C16H16FN3O2. The quantitative estimate of drug-likeness (QED) is 0.720. The van der Waals surface area contributed by atoms with E-state index in [-0.39, 0.29) is 11.9 Å². The number of nitrogens with zero attached hydrogens (tertiary/aromatic N) is 3. The van der Waals surface area contributed by atoms with E-state index < -0.39 is 0 Å². The monoisotopic (exact) mass is 301 g/mol. The fraction of sp³-hybridized carbons (Fsp3) is 0.250. The van der Waals surface area contributed by atoms with Gasteiger partial charge in [0.2, 0.25) is 11.7 Å². The first-order valence-electron chi connectivity index (χ1n) is 6.95. The maximum atomic E-state index is 13.0. The number of hydrogen-bond acceptors (Lipinski definition) is 5. The Kier molecular flexibility index (Phi) is 4.02. The van der Waals surface area contributed by atoms with E-state index in [0.29, 0.717) is 24.0 Å². The average molecular weight is 301 g/mol. The normalized spacial score (nSPS) is 12.7. The van der Waals surface area contributed by atoms with Crippen LogP contribution in [0.15, 0.2) is 51.6 Å². The van der Waals surface area contributed by atoms with E-state index in [2.05, 4.69) is 10.1 Å². The average Bonchev–Trinajstić information content (AvgIpc) is 3.18. The van der Waals surface area contributed by atoms with Gasteiger partial charge in [0, 0.05) is 6.04 Å². The Morgan fingerprint density at radius 3 is 2.68 bits per heavy atom. The summed E-state index contributed by atoms with van der Waals surface area (Å²) in [6, 6.07) is 10.1. The highest BCUT2D eigenvalue weighted by Gasteiger charge is 2.17. The standard InChI is InChI=1S/C16H16FN3O2/c1-11(12-5-7-13(17)8-6-12)20(2)10-15-18-16(19-22-15)14-4-3-9-21-14/h3-9,11H,10H2,1-2H3. The zero-order chi connectivity index (χ0) is 15.5. The van der Waals surface area contributed by atoms with Crippen LogP contribution in [0.3, 0.4) is 0 Å². The molecule has 0 saturated carbocycles. The summed E-state index contributed by atoms with van der Waals surface area (Å²) in [5, 5.41) is 3.90. The Labute approximate surface area is 127 Å². The second-order valence-corrected chi connectivity index (χ2v) is 5.13. The van der Waals surface area contributed by atoms with Crippen LogP contribution in [0.1, 0.15) is 24.4 Å². The summed E-state index contributed by atoms with van der Waals surface area (Å²) in [6.07, 6.45) is 1.56. The molecule has 0 spiro atoms. The van der Waals surface area contributed by atoms with Gasteiger partial charge in [-0.25, -0.2) is 4.39 Å². The van der Waals surface area contributed by atoms with Gasteiger partial charge in [0.1, 0.15) is 5.82 Å². The third-order valence-electron chi connectivity index (χ3n) is 3.61. The molecule has 0 aliphatic rings. The summed E-state index contributed by atoms with van der Waals surface area (Å²) in [6.45, 7) is 2.53. The third kappa shape index (κ3) is 3.07. The Bertz CT molecular complexity index is 722. The van der Waals surface area contributed by atoms with Crippen molar-refractivity contribution >= 4 is 0 Å². The molecule has 5 nitrogen and oxygen atoms in total. The summed E-state index contributed by atoms with van der Waals surface area (Å²) in [5.41, 5.74) is 1.02. The van der Waals surface area contributed by atoms with Crippen molar-refractivity contribution < 1.29 is 13.3 Å².